The highest BCUT2D eigenvalue weighted by Gasteiger charge is 2.14. The molecule has 0 aliphatic heterocycles. The molecule has 4 aromatic carbocycles. The number of Topliss-reactive ketones (excluding diaryl/α,β-unsaturated/α-hetero) is 1. The Kier molecular flexibility index (Phi) is 12.8. The standard InChI is InChI=1S/C19H17NO4.C19H18O6/c1-3-23-16-10-8-14(9-11-16)18-20-17(12-24-18)13-4-6-15(7-5-13)19(21)22-2;1-3-24-16-10-8-15(9-11-16)19(22)25-12-17(20)13-4-6-14(7-5-13)18(21)23-2/h4-12H,3H2,1-2H3;4-11H,3,12H2,1-2H3. The lowest BCUT2D eigenvalue weighted by Crippen LogP contribution is -2.14. The van der Waals surface area contributed by atoms with Crippen LogP contribution in [0.15, 0.2) is 108 Å². The highest BCUT2D eigenvalue weighted by atomic mass is 16.5. The van der Waals surface area contributed by atoms with E-state index in [9.17, 15) is 19.2 Å². The average molecular weight is 666 g/mol. The van der Waals surface area contributed by atoms with Crippen molar-refractivity contribution in [3.8, 4) is 34.2 Å². The van der Waals surface area contributed by atoms with Crippen LogP contribution in [0, 0.1) is 0 Å². The van der Waals surface area contributed by atoms with Crippen molar-refractivity contribution in [3.05, 3.63) is 126 Å². The Labute approximate surface area is 283 Å². The zero-order chi connectivity index (χ0) is 35.2. The molecule has 0 spiro atoms. The van der Waals surface area contributed by atoms with Crippen LogP contribution in [-0.4, -0.2) is 62.7 Å². The van der Waals surface area contributed by atoms with Crippen molar-refractivity contribution in [2.75, 3.05) is 34.0 Å². The topological polar surface area (TPSA) is 140 Å². The van der Waals surface area contributed by atoms with Crippen LogP contribution in [0.3, 0.4) is 0 Å². The number of ketones is 1. The normalized spacial score (nSPS) is 10.2. The summed E-state index contributed by atoms with van der Waals surface area (Å²) in [5, 5.41) is 0. The monoisotopic (exact) mass is 665 g/mol. The van der Waals surface area contributed by atoms with Gasteiger partial charge in [-0.3, -0.25) is 4.79 Å². The van der Waals surface area contributed by atoms with E-state index in [0.717, 1.165) is 16.9 Å². The summed E-state index contributed by atoms with van der Waals surface area (Å²) < 4.78 is 30.6. The fourth-order valence-electron chi connectivity index (χ4n) is 4.36. The lowest BCUT2D eigenvalue weighted by molar-refractivity contribution is 0.0474. The Bertz CT molecular complexity index is 1840. The lowest BCUT2D eigenvalue weighted by Gasteiger charge is -2.06. The minimum absolute atomic E-state index is 0.331. The summed E-state index contributed by atoms with van der Waals surface area (Å²) in [7, 11) is 2.64. The van der Waals surface area contributed by atoms with Gasteiger partial charge in [-0.05, 0) is 86.6 Å². The third-order valence-electron chi connectivity index (χ3n) is 6.88. The van der Waals surface area contributed by atoms with Crippen LogP contribution in [0.2, 0.25) is 0 Å². The summed E-state index contributed by atoms with van der Waals surface area (Å²) in [6, 6.07) is 27.0. The number of oxazole rings is 1. The highest BCUT2D eigenvalue weighted by molar-refractivity contribution is 6.00. The first kappa shape index (κ1) is 35.6. The Morgan fingerprint density at radius 1 is 0.571 bits per heavy atom. The number of hydrogen-bond donors (Lipinski definition) is 0. The van der Waals surface area contributed by atoms with Crippen LogP contribution >= 0.6 is 0 Å². The number of rotatable bonds is 12. The average Bonchev–Trinajstić information content (AvgIpc) is 3.65. The highest BCUT2D eigenvalue weighted by Crippen LogP contribution is 2.26. The second-order valence-corrected chi connectivity index (χ2v) is 10.1. The molecule has 11 heteroatoms. The smallest absolute Gasteiger partial charge is 0.338 e. The summed E-state index contributed by atoms with van der Waals surface area (Å²) in [6.07, 6.45) is 1.60. The summed E-state index contributed by atoms with van der Waals surface area (Å²) in [6.45, 7) is 4.59. The molecule has 0 saturated heterocycles. The van der Waals surface area contributed by atoms with E-state index in [0.29, 0.717) is 52.8 Å². The first-order valence-corrected chi connectivity index (χ1v) is 15.2. The van der Waals surface area contributed by atoms with Crippen molar-refractivity contribution in [1.82, 2.24) is 4.98 Å². The minimum atomic E-state index is -0.595. The third-order valence-corrected chi connectivity index (χ3v) is 6.88. The van der Waals surface area contributed by atoms with E-state index in [1.165, 1.54) is 38.5 Å². The van der Waals surface area contributed by atoms with Gasteiger partial charge in [0.15, 0.2) is 12.4 Å². The number of methoxy groups -OCH3 is 2. The first-order valence-electron chi connectivity index (χ1n) is 15.2. The van der Waals surface area contributed by atoms with Crippen molar-refractivity contribution in [2.24, 2.45) is 0 Å². The molecule has 252 valence electrons. The van der Waals surface area contributed by atoms with E-state index in [1.54, 1.807) is 42.7 Å². The van der Waals surface area contributed by atoms with Gasteiger partial charge >= 0.3 is 17.9 Å². The minimum Gasteiger partial charge on any atom is -0.494 e. The largest absolute Gasteiger partial charge is 0.494 e. The van der Waals surface area contributed by atoms with Crippen molar-refractivity contribution >= 4 is 23.7 Å². The van der Waals surface area contributed by atoms with E-state index in [4.69, 9.17) is 18.6 Å². The van der Waals surface area contributed by atoms with Crippen molar-refractivity contribution in [3.63, 3.8) is 0 Å². The number of aromatic nitrogens is 1. The van der Waals surface area contributed by atoms with Gasteiger partial charge < -0.3 is 28.1 Å². The second kappa shape index (κ2) is 17.6. The van der Waals surface area contributed by atoms with E-state index >= 15 is 0 Å². The molecule has 0 aliphatic carbocycles. The maximum absolute atomic E-state index is 12.1. The molecule has 0 bridgehead atoms. The molecule has 0 unspecified atom stereocenters. The van der Waals surface area contributed by atoms with Crippen molar-refractivity contribution in [2.45, 2.75) is 13.8 Å². The number of benzene rings is 4. The molecule has 0 fully saturated rings. The molecular formula is C38H35NO10. The van der Waals surface area contributed by atoms with Crippen LogP contribution in [0.5, 0.6) is 11.5 Å². The van der Waals surface area contributed by atoms with Gasteiger partial charge in [-0.2, -0.15) is 0 Å². The molecule has 0 radical (unpaired) electrons. The van der Waals surface area contributed by atoms with Crippen LogP contribution < -0.4 is 9.47 Å². The fraction of sp³-hybridized carbons (Fsp3) is 0.184. The number of nitrogens with zero attached hydrogens (tertiary/aromatic N) is 1. The molecular weight excluding hydrogens is 630 g/mol. The van der Waals surface area contributed by atoms with Crippen LogP contribution in [0.25, 0.3) is 22.7 Å². The molecule has 11 nitrogen and oxygen atoms in total. The van der Waals surface area contributed by atoms with Gasteiger partial charge in [0, 0.05) is 16.7 Å². The number of ether oxygens (including phenoxy) is 5. The Hall–Kier alpha value is -6.23. The summed E-state index contributed by atoms with van der Waals surface area (Å²) >= 11 is 0. The molecule has 0 amide bonds. The quantitative estimate of drug-likeness (QED) is 0.0765. The van der Waals surface area contributed by atoms with E-state index in [1.807, 2.05) is 50.2 Å². The molecule has 1 heterocycles. The molecule has 1 aromatic heterocycles. The van der Waals surface area contributed by atoms with Crippen LogP contribution in [0.1, 0.15) is 55.3 Å². The van der Waals surface area contributed by atoms with E-state index in [2.05, 4.69) is 14.5 Å². The summed E-state index contributed by atoms with van der Waals surface area (Å²) in [5.41, 5.74) is 3.95. The van der Waals surface area contributed by atoms with Crippen LogP contribution in [0.4, 0.5) is 0 Å². The third kappa shape index (κ3) is 9.88. The molecule has 49 heavy (non-hydrogen) atoms. The molecule has 0 saturated carbocycles. The number of esters is 3. The zero-order valence-corrected chi connectivity index (χ0v) is 27.5. The SMILES string of the molecule is CCOc1ccc(-c2nc(-c3ccc(C(=O)OC)cc3)co2)cc1.CCOc1ccc(C(=O)OCC(=O)c2ccc(C(=O)OC)cc2)cc1. The van der Waals surface area contributed by atoms with Gasteiger partial charge in [-0.1, -0.05) is 24.3 Å². The predicted molar refractivity (Wildman–Crippen MR) is 180 cm³/mol. The Morgan fingerprint density at radius 2 is 1.00 bits per heavy atom. The zero-order valence-electron chi connectivity index (χ0n) is 27.5. The number of carbonyl (C=O) groups is 4. The van der Waals surface area contributed by atoms with Crippen molar-refractivity contribution in [1.29, 1.82) is 0 Å². The maximum Gasteiger partial charge on any atom is 0.338 e. The van der Waals surface area contributed by atoms with Crippen molar-refractivity contribution < 1.29 is 47.3 Å². The summed E-state index contributed by atoms with van der Waals surface area (Å²) in [5.74, 6) is 0.188. The number of carbonyl (C=O) groups excluding carboxylic acids is 4. The van der Waals surface area contributed by atoms with Gasteiger partial charge in [0.05, 0.1) is 44.1 Å². The van der Waals surface area contributed by atoms with Crippen LogP contribution in [-0.2, 0) is 14.2 Å². The molecule has 5 aromatic rings. The Balaban J connectivity index is 0.000000221. The second-order valence-electron chi connectivity index (χ2n) is 10.1. The van der Waals surface area contributed by atoms with Gasteiger partial charge in [-0.15, -0.1) is 0 Å². The van der Waals surface area contributed by atoms with Gasteiger partial charge in [0.2, 0.25) is 5.89 Å². The number of hydrogen-bond acceptors (Lipinski definition) is 11. The summed E-state index contributed by atoms with van der Waals surface area (Å²) in [4.78, 5) is 51.3. The lowest BCUT2D eigenvalue weighted by atomic mass is 10.1. The maximum atomic E-state index is 12.1. The fourth-order valence-corrected chi connectivity index (χ4v) is 4.36. The molecule has 0 N–H and O–H groups in total. The Morgan fingerprint density at radius 3 is 1.51 bits per heavy atom. The molecule has 0 atom stereocenters. The van der Waals surface area contributed by atoms with E-state index in [-0.39, 0.29) is 18.4 Å². The van der Waals surface area contributed by atoms with E-state index < -0.39 is 11.9 Å². The van der Waals surface area contributed by atoms with Gasteiger partial charge in [0.25, 0.3) is 0 Å². The van der Waals surface area contributed by atoms with Gasteiger partial charge in [0.1, 0.15) is 23.5 Å². The molecule has 0 aliphatic rings. The molecule has 5 rings (SSSR count). The van der Waals surface area contributed by atoms with Gasteiger partial charge in [-0.25, -0.2) is 19.4 Å². The predicted octanol–water partition coefficient (Wildman–Crippen LogP) is 7.11. The first-order chi connectivity index (χ1) is 23.8.